The number of methoxy groups -OCH3 is 1. The Balaban J connectivity index is 2.27. The Labute approximate surface area is 197 Å². The SMILES string of the molecule is CNC(=O)OC(c1cc(S(=O)(=O)c2ccnc(OC)c2)n(-c2ccccc2Cl)n1)C(C)(C)C. The average Bonchev–Trinajstić information content (AvgIpc) is 3.22. The Bertz CT molecular complexity index is 1270. The van der Waals surface area contributed by atoms with Crippen molar-refractivity contribution in [1.29, 1.82) is 0 Å². The molecule has 0 radical (unpaired) electrons. The number of pyridine rings is 1. The Kier molecular flexibility index (Phi) is 6.99. The van der Waals surface area contributed by atoms with E-state index in [0.717, 1.165) is 0 Å². The summed E-state index contributed by atoms with van der Waals surface area (Å²) in [6, 6.07) is 10.8. The van der Waals surface area contributed by atoms with E-state index in [4.69, 9.17) is 21.1 Å². The van der Waals surface area contributed by atoms with Crippen LogP contribution in [-0.4, -0.2) is 43.4 Å². The molecule has 2 aromatic heterocycles. The smallest absolute Gasteiger partial charge is 0.407 e. The van der Waals surface area contributed by atoms with E-state index >= 15 is 0 Å². The first-order valence-corrected chi connectivity index (χ1v) is 11.8. The number of ether oxygens (including phenoxy) is 2. The Morgan fingerprint density at radius 1 is 1.18 bits per heavy atom. The van der Waals surface area contributed by atoms with E-state index in [-0.39, 0.29) is 21.5 Å². The van der Waals surface area contributed by atoms with Gasteiger partial charge in [0.2, 0.25) is 15.7 Å². The van der Waals surface area contributed by atoms with Gasteiger partial charge in [0.1, 0.15) is 5.69 Å². The molecule has 1 N–H and O–H groups in total. The maximum Gasteiger partial charge on any atom is 0.407 e. The molecule has 9 nitrogen and oxygen atoms in total. The van der Waals surface area contributed by atoms with Crippen LogP contribution in [0.3, 0.4) is 0 Å². The highest BCUT2D eigenvalue weighted by molar-refractivity contribution is 7.91. The number of carbonyl (C=O) groups is 1. The van der Waals surface area contributed by atoms with Crippen molar-refractivity contribution < 1.29 is 22.7 Å². The minimum absolute atomic E-state index is 0.0337. The average molecular weight is 493 g/mol. The molecule has 0 aliphatic carbocycles. The molecule has 0 bridgehead atoms. The molecule has 0 fully saturated rings. The van der Waals surface area contributed by atoms with Crippen LogP contribution in [0.4, 0.5) is 4.79 Å². The van der Waals surface area contributed by atoms with Gasteiger partial charge in [0, 0.05) is 30.8 Å². The van der Waals surface area contributed by atoms with Crippen LogP contribution in [0.5, 0.6) is 5.88 Å². The van der Waals surface area contributed by atoms with E-state index < -0.39 is 27.4 Å². The first kappa shape index (κ1) is 24.5. The van der Waals surface area contributed by atoms with E-state index in [1.807, 2.05) is 20.8 Å². The van der Waals surface area contributed by atoms with Crippen LogP contribution in [-0.2, 0) is 14.6 Å². The molecule has 0 aliphatic rings. The van der Waals surface area contributed by atoms with Crippen LogP contribution in [0, 0.1) is 5.41 Å². The lowest BCUT2D eigenvalue weighted by Gasteiger charge is -2.28. The summed E-state index contributed by atoms with van der Waals surface area (Å²) < 4.78 is 39.2. The molecule has 2 heterocycles. The van der Waals surface area contributed by atoms with Crippen molar-refractivity contribution in [2.24, 2.45) is 5.41 Å². The topological polar surface area (TPSA) is 112 Å². The molecule has 11 heteroatoms. The fourth-order valence-electron chi connectivity index (χ4n) is 3.13. The summed E-state index contributed by atoms with van der Waals surface area (Å²) in [6.45, 7) is 5.57. The monoisotopic (exact) mass is 492 g/mol. The minimum atomic E-state index is -4.09. The van der Waals surface area contributed by atoms with Gasteiger partial charge in [-0.15, -0.1) is 0 Å². The van der Waals surface area contributed by atoms with Crippen LogP contribution < -0.4 is 10.1 Å². The molecule has 0 spiro atoms. The highest BCUT2D eigenvalue weighted by Crippen LogP contribution is 2.38. The first-order chi connectivity index (χ1) is 15.5. The lowest BCUT2D eigenvalue weighted by atomic mass is 9.87. The minimum Gasteiger partial charge on any atom is -0.481 e. The van der Waals surface area contributed by atoms with E-state index in [2.05, 4.69) is 15.4 Å². The fourth-order valence-corrected chi connectivity index (χ4v) is 4.73. The molecule has 3 rings (SSSR count). The number of carbonyl (C=O) groups excluding carboxylic acids is 1. The Morgan fingerprint density at radius 3 is 2.48 bits per heavy atom. The van der Waals surface area contributed by atoms with Crippen molar-refractivity contribution >= 4 is 27.5 Å². The number of para-hydroxylation sites is 1. The third kappa shape index (κ3) is 5.12. The summed E-state index contributed by atoms with van der Waals surface area (Å²) in [6.07, 6.45) is -0.164. The second kappa shape index (κ2) is 9.40. The predicted octanol–water partition coefficient (Wildman–Crippen LogP) is 4.21. The van der Waals surface area contributed by atoms with Crippen molar-refractivity contribution in [1.82, 2.24) is 20.1 Å². The van der Waals surface area contributed by atoms with Crippen LogP contribution >= 0.6 is 11.6 Å². The van der Waals surface area contributed by atoms with Gasteiger partial charge < -0.3 is 14.8 Å². The zero-order chi connectivity index (χ0) is 24.4. The number of hydrogen-bond acceptors (Lipinski definition) is 7. The van der Waals surface area contributed by atoms with E-state index in [0.29, 0.717) is 10.7 Å². The van der Waals surface area contributed by atoms with Crippen LogP contribution in [0.2, 0.25) is 5.02 Å². The molecule has 1 aromatic carbocycles. The second-order valence-electron chi connectivity index (χ2n) is 8.21. The molecule has 3 aromatic rings. The van der Waals surface area contributed by atoms with Crippen LogP contribution in [0.15, 0.2) is 58.6 Å². The maximum atomic E-state index is 13.7. The van der Waals surface area contributed by atoms with Gasteiger partial charge in [-0.2, -0.15) is 5.10 Å². The molecule has 0 saturated heterocycles. The van der Waals surface area contributed by atoms with Crippen molar-refractivity contribution in [3.8, 4) is 11.6 Å². The molecule has 1 unspecified atom stereocenters. The van der Waals surface area contributed by atoms with Gasteiger partial charge in [0.25, 0.3) is 0 Å². The second-order valence-corrected chi connectivity index (χ2v) is 10.5. The zero-order valence-electron chi connectivity index (χ0n) is 18.9. The molecule has 176 valence electrons. The van der Waals surface area contributed by atoms with Gasteiger partial charge in [-0.05, 0) is 18.2 Å². The largest absolute Gasteiger partial charge is 0.481 e. The van der Waals surface area contributed by atoms with Gasteiger partial charge >= 0.3 is 6.09 Å². The molecular formula is C22H25ClN4O5S. The van der Waals surface area contributed by atoms with E-state index in [1.54, 1.807) is 24.3 Å². The third-order valence-corrected chi connectivity index (χ3v) is 6.80. The van der Waals surface area contributed by atoms with Gasteiger partial charge in [0.05, 0.1) is 22.7 Å². The highest BCUT2D eigenvalue weighted by atomic mass is 35.5. The summed E-state index contributed by atoms with van der Waals surface area (Å²) in [5.74, 6) is 0.149. The molecule has 1 amide bonds. The number of amides is 1. The first-order valence-electron chi connectivity index (χ1n) is 9.97. The number of aromatic nitrogens is 3. The zero-order valence-corrected chi connectivity index (χ0v) is 20.4. The van der Waals surface area contributed by atoms with Crippen LogP contribution in [0.25, 0.3) is 5.69 Å². The fraction of sp³-hybridized carbons (Fsp3) is 0.318. The summed E-state index contributed by atoms with van der Waals surface area (Å²) in [5.41, 5.74) is 0.0239. The summed E-state index contributed by atoms with van der Waals surface area (Å²) >= 11 is 6.38. The van der Waals surface area contributed by atoms with Gasteiger partial charge in [-0.3, -0.25) is 0 Å². The number of alkyl carbamates (subject to hydrolysis) is 1. The summed E-state index contributed by atoms with van der Waals surface area (Å²) in [5, 5.41) is 7.10. The van der Waals surface area contributed by atoms with Gasteiger partial charge in [0.15, 0.2) is 11.1 Å². The third-order valence-electron chi connectivity index (χ3n) is 4.76. The van der Waals surface area contributed by atoms with Crippen molar-refractivity contribution in [3.05, 3.63) is 59.4 Å². The van der Waals surface area contributed by atoms with Crippen molar-refractivity contribution in [3.63, 3.8) is 0 Å². The van der Waals surface area contributed by atoms with E-state index in [1.165, 1.54) is 43.2 Å². The Hall–Kier alpha value is -3.11. The number of sulfone groups is 1. The number of hydrogen-bond donors (Lipinski definition) is 1. The molecule has 33 heavy (non-hydrogen) atoms. The van der Waals surface area contributed by atoms with Gasteiger partial charge in [-0.25, -0.2) is 22.9 Å². The van der Waals surface area contributed by atoms with E-state index in [9.17, 15) is 13.2 Å². The standard InChI is InChI=1S/C22H25ClN4O5S/c1-22(2,3)20(32-21(28)24-4)16-13-19(27(26-16)17-9-7-6-8-15(17)23)33(29,30)14-10-11-25-18(12-14)31-5/h6-13,20H,1-5H3,(H,24,28). The number of rotatable bonds is 6. The predicted molar refractivity (Wildman–Crippen MR) is 123 cm³/mol. The van der Waals surface area contributed by atoms with Crippen LogP contribution in [0.1, 0.15) is 32.6 Å². The molecule has 0 aliphatic heterocycles. The summed E-state index contributed by atoms with van der Waals surface area (Å²) in [7, 11) is -1.25. The normalized spacial score (nSPS) is 12.8. The number of benzene rings is 1. The lowest BCUT2D eigenvalue weighted by Crippen LogP contribution is -2.29. The number of nitrogens with one attached hydrogen (secondary N) is 1. The Morgan fingerprint density at radius 2 is 1.88 bits per heavy atom. The summed E-state index contributed by atoms with van der Waals surface area (Å²) in [4.78, 5) is 16.0. The van der Waals surface area contributed by atoms with Crippen molar-refractivity contribution in [2.45, 2.75) is 36.8 Å². The maximum absolute atomic E-state index is 13.7. The van der Waals surface area contributed by atoms with Gasteiger partial charge in [-0.1, -0.05) is 44.5 Å². The number of halogens is 1. The molecule has 0 saturated carbocycles. The number of nitrogens with zero attached hydrogens (tertiary/aromatic N) is 3. The quantitative estimate of drug-likeness (QED) is 0.548. The highest BCUT2D eigenvalue weighted by Gasteiger charge is 2.35. The molecule has 1 atom stereocenters. The molecular weight excluding hydrogens is 468 g/mol. The van der Waals surface area contributed by atoms with Crippen molar-refractivity contribution in [2.75, 3.05) is 14.2 Å². The lowest BCUT2D eigenvalue weighted by molar-refractivity contribution is 0.0284.